The van der Waals surface area contributed by atoms with E-state index in [1.165, 1.54) is 11.3 Å². The van der Waals surface area contributed by atoms with E-state index in [1.807, 2.05) is 92.7 Å². The molecule has 0 atom stereocenters. The van der Waals surface area contributed by atoms with Crippen LogP contribution in [0.4, 0.5) is 11.4 Å². The number of aromatic nitrogens is 1. The molecule has 0 radical (unpaired) electrons. The molecule has 0 fully saturated rings. The first-order valence-corrected chi connectivity index (χ1v) is 12.1. The molecule has 0 bridgehead atoms. The van der Waals surface area contributed by atoms with Crippen LogP contribution in [-0.4, -0.2) is 18.0 Å². The van der Waals surface area contributed by atoms with E-state index in [4.69, 9.17) is 15.5 Å². The summed E-state index contributed by atoms with van der Waals surface area (Å²) in [6.45, 7) is 4.01. The molecule has 6 heteroatoms. The van der Waals surface area contributed by atoms with Crippen molar-refractivity contribution in [3.05, 3.63) is 94.9 Å². The quantitative estimate of drug-likeness (QED) is 0.282. The number of nitrogen functional groups attached to an aromatic ring is 1. The third kappa shape index (κ3) is 4.36. The maximum atomic E-state index is 13.3. The first-order valence-electron chi connectivity index (χ1n) is 11.3. The summed E-state index contributed by atoms with van der Waals surface area (Å²) in [7, 11) is 1.64. The number of pyridine rings is 1. The lowest BCUT2D eigenvalue weighted by Gasteiger charge is -2.10. The second-order valence-electron chi connectivity index (χ2n) is 8.45. The summed E-state index contributed by atoms with van der Waals surface area (Å²) < 4.78 is 5.33. The number of anilines is 2. The second kappa shape index (κ2) is 9.24. The Bertz CT molecular complexity index is 1540. The summed E-state index contributed by atoms with van der Waals surface area (Å²) in [4.78, 5) is 19.4. The van der Waals surface area contributed by atoms with Crippen molar-refractivity contribution < 1.29 is 9.53 Å². The van der Waals surface area contributed by atoms with Crippen molar-refractivity contribution >= 4 is 38.8 Å². The number of fused-ring (bicyclic) bond motifs is 1. The highest BCUT2D eigenvalue weighted by molar-refractivity contribution is 7.21. The van der Waals surface area contributed by atoms with Gasteiger partial charge in [0, 0.05) is 16.6 Å². The molecular formula is C29H25N3O2S. The Morgan fingerprint density at radius 3 is 2.37 bits per heavy atom. The van der Waals surface area contributed by atoms with Gasteiger partial charge in [-0.2, -0.15) is 0 Å². The second-order valence-corrected chi connectivity index (χ2v) is 9.45. The number of ether oxygens (including phenoxy) is 1. The van der Waals surface area contributed by atoms with Gasteiger partial charge in [0.05, 0.1) is 18.5 Å². The molecule has 0 aliphatic carbocycles. The average Bonchev–Trinajstić information content (AvgIpc) is 3.22. The van der Waals surface area contributed by atoms with Gasteiger partial charge < -0.3 is 15.8 Å². The molecule has 5 rings (SSSR count). The number of thiophene rings is 1. The third-order valence-electron chi connectivity index (χ3n) is 6.01. The number of aryl methyl sites for hydroxylation is 2. The summed E-state index contributed by atoms with van der Waals surface area (Å²) in [6, 6.07) is 25.8. The summed E-state index contributed by atoms with van der Waals surface area (Å²) in [6.07, 6.45) is 0. The van der Waals surface area contributed by atoms with E-state index in [1.54, 1.807) is 7.11 Å². The number of carbonyl (C=O) groups is 1. The van der Waals surface area contributed by atoms with Crippen LogP contribution in [0.2, 0.25) is 0 Å². The molecule has 0 spiro atoms. The van der Waals surface area contributed by atoms with Gasteiger partial charge >= 0.3 is 0 Å². The number of benzene rings is 3. The summed E-state index contributed by atoms with van der Waals surface area (Å²) >= 11 is 1.31. The summed E-state index contributed by atoms with van der Waals surface area (Å²) in [5.74, 6) is 0.536. The Balaban J connectivity index is 1.66. The van der Waals surface area contributed by atoms with Gasteiger partial charge in [0.1, 0.15) is 15.5 Å². The van der Waals surface area contributed by atoms with Crippen LogP contribution in [0.3, 0.4) is 0 Å². The molecule has 1 amide bonds. The van der Waals surface area contributed by atoms with Gasteiger partial charge in [-0.25, -0.2) is 4.98 Å². The van der Waals surface area contributed by atoms with E-state index in [0.717, 1.165) is 55.2 Å². The number of hydrogen-bond donors (Lipinski definition) is 2. The molecule has 3 aromatic carbocycles. The minimum Gasteiger partial charge on any atom is -0.497 e. The Labute approximate surface area is 208 Å². The van der Waals surface area contributed by atoms with Gasteiger partial charge in [-0.05, 0) is 54.8 Å². The van der Waals surface area contributed by atoms with Gasteiger partial charge in [0.2, 0.25) is 0 Å². The van der Waals surface area contributed by atoms with Gasteiger partial charge in [0.15, 0.2) is 0 Å². The number of nitrogens with two attached hydrogens (primary N) is 1. The maximum Gasteiger partial charge on any atom is 0.267 e. The Kier molecular flexibility index (Phi) is 5.97. The molecule has 35 heavy (non-hydrogen) atoms. The standard InChI is InChI=1S/C29H25N3O2S/c1-17-9-14-23(18(2)15-17)31-28(33)27-26(30)25-22(19-10-12-21(34-3)13-11-19)16-24(32-29(25)35-27)20-7-5-4-6-8-20/h4-16H,30H2,1-3H3,(H,31,33). The van der Waals surface area contributed by atoms with E-state index in [0.29, 0.717) is 10.6 Å². The highest BCUT2D eigenvalue weighted by atomic mass is 32.1. The van der Waals surface area contributed by atoms with Crippen LogP contribution in [-0.2, 0) is 0 Å². The van der Waals surface area contributed by atoms with Gasteiger partial charge in [-0.15, -0.1) is 11.3 Å². The van der Waals surface area contributed by atoms with Gasteiger partial charge in [0.25, 0.3) is 5.91 Å². The first kappa shape index (κ1) is 22.6. The van der Waals surface area contributed by atoms with Crippen molar-refractivity contribution in [3.8, 4) is 28.1 Å². The third-order valence-corrected chi connectivity index (χ3v) is 7.10. The molecule has 0 saturated carbocycles. The van der Waals surface area contributed by atoms with Crippen molar-refractivity contribution in [1.82, 2.24) is 4.98 Å². The molecule has 0 aliphatic rings. The highest BCUT2D eigenvalue weighted by Crippen LogP contribution is 2.42. The van der Waals surface area contributed by atoms with E-state index in [9.17, 15) is 4.79 Å². The number of carbonyl (C=O) groups excluding carboxylic acids is 1. The van der Waals surface area contributed by atoms with E-state index in [2.05, 4.69) is 5.32 Å². The molecule has 5 nitrogen and oxygen atoms in total. The average molecular weight is 480 g/mol. The largest absolute Gasteiger partial charge is 0.497 e. The molecule has 0 aliphatic heterocycles. The van der Waals surface area contributed by atoms with Crippen LogP contribution in [0.5, 0.6) is 5.75 Å². The predicted molar refractivity (Wildman–Crippen MR) is 145 cm³/mol. The lowest BCUT2D eigenvalue weighted by molar-refractivity contribution is 0.103. The van der Waals surface area contributed by atoms with E-state index < -0.39 is 0 Å². The molecule has 174 valence electrons. The zero-order valence-corrected chi connectivity index (χ0v) is 20.6. The molecule has 3 N–H and O–H groups in total. The topological polar surface area (TPSA) is 77.2 Å². The molecule has 0 unspecified atom stereocenters. The fraction of sp³-hybridized carbons (Fsp3) is 0.103. The normalized spacial score (nSPS) is 10.9. The van der Waals surface area contributed by atoms with Crippen molar-refractivity contribution in [1.29, 1.82) is 0 Å². The summed E-state index contributed by atoms with van der Waals surface area (Å²) in [5.41, 5.74) is 13.7. The molecule has 5 aromatic rings. The number of nitrogens with zero attached hydrogens (tertiary/aromatic N) is 1. The van der Waals surface area contributed by atoms with Crippen molar-refractivity contribution in [2.75, 3.05) is 18.2 Å². The first-order chi connectivity index (χ1) is 16.9. The predicted octanol–water partition coefficient (Wildman–Crippen LogP) is 7.09. The van der Waals surface area contributed by atoms with Crippen LogP contribution >= 0.6 is 11.3 Å². The van der Waals surface area contributed by atoms with Gasteiger partial charge in [-0.3, -0.25) is 4.79 Å². The molecular weight excluding hydrogens is 454 g/mol. The smallest absolute Gasteiger partial charge is 0.267 e. The Morgan fingerprint density at radius 1 is 0.943 bits per heavy atom. The Morgan fingerprint density at radius 2 is 1.69 bits per heavy atom. The SMILES string of the molecule is COc1ccc(-c2cc(-c3ccccc3)nc3sc(C(=O)Nc4ccc(C)cc4C)c(N)c23)cc1. The molecule has 2 aromatic heterocycles. The lowest BCUT2D eigenvalue weighted by atomic mass is 9.99. The van der Waals surface area contributed by atoms with Crippen molar-refractivity contribution in [2.24, 2.45) is 0 Å². The number of hydrogen-bond acceptors (Lipinski definition) is 5. The number of rotatable bonds is 5. The zero-order valence-electron chi connectivity index (χ0n) is 19.8. The minimum atomic E-state index is -0.237. The van der Waals surface area contributed by atoms with E-state index in [-0.39, 0.29) is 5.91 Å². The highest BCUT2D eigenvalue weighted by Gasteiger charge is 2.22. The van der Waals surface area contributed by atoms with Crippen LogP contribution in [0.1, 0.15) is 20.8 Å². The molecule has 2 heterocycles. The van der Waals surface area contributed by atoms with Crippen LogP contribution in [0.15, 0.2) is 78.9 Å². The maximum absolute atomic E-state index is 13.3. The minimum absolute atomic E-state index is 0.237. The lowest BCUT2D eigenvalue weighted by Crippen LogP contribution is -2.12. The molecule has 0 saturated heterocycles. The zero-order chi connectivity index (χ0) is 24.5. The fourth-order valence-corrected chi connectivity index (χ4v) is 5.19. The van der Waals surface area contributed by atoms with Gasteiger partial charge in [-0.1, -0.05) is 60.2 Å². The monoisotopic (exact) mass is 479 g/mol. The van der Waals surface area contributed by atoms with E-state index >= 15 is 0 Å². The van der Waals surface area contributed by atoms with Crippen molar-refractivity contribution in [3.63, 3.8) is 0 Å². The number of amides is 1. The number of nitrogens with one attached hydrogen (secondary N) is 1. The van der Waals surface area contributed by atoms with Crippen molar-refractivity contribution in [2.45, 2.75) is 13.8 Å². The van der Waals surface area contributed by atoms with Crippen LogP contribution in [0, 0.1) is 13.8 Å². The fourth-order valence-electron chi connectivity index (χ4n) is 4.18. The number of methoxy groups -OCH3 is 1. The van der Waals surface area contributed by atoms with Crippen LogP contribution < -0.4 is 15.8 Å². The van der Waals surface area contributed by atoms with Crippen LogP contribution in [0.25, 0.3) is 32.6 Å². The Hall–Kier alpha value is -4.16. The summed E-state index contributed by atoms with van der Waals surface area (Å²) in [5, 5.41) is 3.81.